The van der Waals surface area contributed by atoms with Gasteiger partial charge in [0.1, 0.15) is 0 Å². The minimum atomic E-state index is -0.262. The summed E-state index contributed by atoms with van der Waals surface area (Å²) in [6.45, 7) is 3.40. The molecule has 13 N–H and O–H groups in total. The molecule has 0 bridgehead atoms. The Balaban J connectivity index is 0. The van der Waals surface area contributed by atoms with Gasteiger partial charge in [-0.3, -0.25) is 0 Å². The van der Waals surface area contributed by atoms with Crippen LogP contribution in [0.3, 0.4) is 0 Å². The van der Waals surface area contributed by atoms with Gasteiger partial charge in [-0.2, -0.15) is 0 Å². The molecule has 106 valence electrons. The number of unbranched alkanes of at least 4 members (excludes halogenated alkanes) is 1. The van der Waals surface area contributed by atoms with Crippen LogP contribution >= 0.6 is 0 Å². The maximum atomic E-state index is 5.55. The lowest BCUT2D eigenvalue weighted by molar-refractivity contribution is 0.574. The smallest absolute Gasteiger partial charge is 0.0649 e. The summed E-state index contributed by atoms with van der Waals surface area (Å²) in [7, 11) is 0. The van der Waals surface area contributed by atoms with E-state index in [1.165, 1.54) is 0 Å². The summed E-state index contributed by atoms with van der Waals surface area (Å²) in [4.78, 5) is 0. The predicted octanol–water partition coefficient (Wildman–Crippen LogP) is -2.82. The number of hydrogen-bond donors (Lipinski definition) is 7. The Kier molecular flexibility index (Phi) is 17.6. The SMILES string of the molecule is NCCCCC(N)CN.NCCNCC(N)N. The lowest BCUT2D eigenvalue weighted by atomic mass is 10.1. The van der Waals surface area contributed by atoms with E-state index >= 15 is 0 Å². The van der Waals surface area contributed by atoms with Gasteiger partial charge in [-0.15, -0.1) is 0 Å². The first-order valence-electron chi connectivity index (χ1n) is 6.16. The van der Waals surface area contributed by atoms with E-state index in [1.807, 2.05) is 0 Å². The molecule has 0 amide bonds. The molecule has 0 aromatic carbocycles. The van der Waals surface area contributed by atoms with E-state index in [2.05, 4.69) is 5.32 Å². The molecule has 0 aliphatic heterocycles. The van der Waals surface area contributed by atoms with Crippen LogP contribution in [0, 0.1) is 0 Å². The number of nitrogens with one attached hydrogen (secondary N) is 1. The van der Waals surface area contributed by atoms with Crippen molar-refractivity contribution >= 4 is 0 Å². The quantitative estimate of drug-likeness (QED) is 0.171. The van der Waals surface area contributed by atoms with Crippen LogP contribution in [0.15, 0.2) is 0 Å². The van der Waals surface area contributed by atoms with E-state index in [4.69, 9.17) is 34.4 Å². The zero-order chi connectivity index (χ0) is 13.5. The number of nitrogens with two attached hydrogens (primary N) is 6. The Morgan fingerprint density at radius 2 is 1.53 bits per heavy atom. The van der Waals surface area contributed by atoms with Crippen molar-refractivity contribution < 1.29 is 0 Å². The van der Waals surface area contributed by atoms with Crippen LogP contribution in [-0.4, -0.2) is 44.9 Å². The van der Waals surface area contributed by atoms with Crippen molar-refractivity contribution in [1.82, 2.24) is 5.32 Å². The second-order valence-corrected chi connectivity index (χ2v) is 3.94. The molecule has 0 spiro atoms. The third-order valence-electron chi connectivity index (χ3n) is 2.03. The number of rotatable bonds is 9. The van der Waals surface area contributed by atoms with Gasteiger partial charge in [0, 0.05) is 32.2 Å². The third kappa shape index (κ3) is 21.5. The number of hydrogen-bond acceptors (Lipinski definition) is 7. The summed E-state index contributed by atoms with van der Waals surface area (Å²) >= 11 is 0. The normalized spacial score (nSPS) is 12.2. The fourth-order valence-electron chi connectivity index (χ4n) is 1.04. The van der Waals surface area contributed by atoms with Gasteiger partial charge in [0.2, 0.25) is 0 Å². The topological polar surface area (TPSA) is 168 Å². The molecule has 1 atom stereocenters. The van der Waals surface area contributed by atoms with Gasteiger partial charge in [-0.25, -0.2) is 0 Å². The average Bonchev–Trinajstić information content (AvgIpc) is 2.30. The Bertz CT molecular complexity index is 132. The predicted molar refractivity (Wildman–Crippen MR) is 74.0 cm³/mol. The van der Waals surface area contributed by atoms with Gasteiger partial charge in [-0.05, 0) is 19.4 Å². The first-order valence-corrected chi connectivity index (χ1v) is 6.16. The summed E-state index contributed by atoms with van der Waals surface area (Å²) < 4.78 is 0. The van der Waals surface area contributed by atoms with E-state index < -0.39 is 0 Å². The molecule has 0 saturated carbocycles. The third-order valence-corrected chi connectivity index (χ3v) is 2.03. The monoisotopic (exact) mass is 249 g/mol. The van der Waals surface area contributed by atoms with E-state index in [0.29, 0.717) is 19.6 Å². The van der Waals surface area contributed by atoms with E-state index in [-0.39, 0.29) is 12.2 Å². The van der Waals surface area contributed by atoms with E-state index in [1.54, 1.807) is 0 Å². The van der Waals surface area contributed by atoms with E-state index in [0.717, 1.165) is 32.4 Å². The molecule has 0 saturated heterocycles. The maximum absolute atomic E-state index is 5.55. The molecule has 0 rings (SSSR count). The van der Waals surface area contributed by atoms with Crippen molar-refractivity contribution in [2.24, 2.45) is 34.4 Å². The molecule has 7 nitrogen and oxygen atoms in total. The first-order chi connectivity index (χ1) is 8.08. The Morgan fingerprint density at radius 1 is 0.882 bits per heavy atom. The van der Waals surface area contributed by atoms with Crippen molar-refractivity contribution in [2.75, 3.05) is 32.7 Å². The van der Waals surface area contributed by atoms with Gasteiger partial charge in [0.15, 0.2) is 0 Å². The molecule has 0 aliphatic carbocycles. The van der Waals surface area contributed by atoms with Crippen LogP contribution in [0.4, 0.5) is 0 Å². The zero-order valence-corrected chi connectivity index (χ0v) is 10.8. The molecule has 1 unspecified atom stereocenters. The van der Waals surface area contributed by atoms with Crippen LogP contribution < -0.4 is 39.7 Å². The largest absolute Gasteiger partial charge is 0.330 e. The Hall–Kier alpha value is -0.280. The zero-order valence-electron chi connectivity index (χ0n) is 10.8. The standard InChI is InChI=1S/C6H17N3.C4H14N4/c7-4-2-1-3-6(9)5-8;5-1-2-8-3-4(6)7/h6H,1-5,7-9H2;4,8H,1-3,5-7H2. The summed E-state index contributed by atoms with van der Waals surface area (Å²) in [5.41, 5.74) is 31.7. The maximum Gasteiger partial charge on any atom is 0.0649 e. The highest BCUT2D eigenvalue weighted by atomic mass is 15.0. The molecule has 0 radical (unpaired) electrons. The Labute approximate surface area is 105 Å². The molecule has 7 heteroatoms. The molecular weight excluding hydrogens is 218 g/mol. The molecule has 0 fully saturated rings. The summed E-state index contributed by atoms with van der Waals surface area (Å²) in [5.74, 6) is 0. The van der Waals surface area contributed by atoms with Crippen molar-refractivity contribution in [3.63, 3.8) is 0 Å². The van der Waals surface area contributed by atoms with Gasteiger partial charge >= 0.3 is 0 Å². The highest BCUT2D eigenvalue weighted by Gasteiger charge is 1.96. The lowest BCUT2D eigenvalue weighted by Crippen LogP contribution is -2.42. The van der Waals surface area contributed by atoms with Crippen molar-refractivity contribution in [3.05, 3.63) is 0 Å². The molecular formula is C10H31N7. The summed E-state index contributed by atoms with van der Waals surface area (Å²) in [6.07, 6.45) is 2.91. The molecule has 0 aliphatic rings. The highest BCUT2D eigenvalue weighted by molar-refractivity contribution is 4.60. The molecule has 0 aromatic heterocycles. The minimum absolute atomic E-state index is 0.177. The van der Waals surface area contributed by atoms with Gasteiger partial charge in [0.05, 0.1) is 6.17 Å². The second-order valence-electron chi connectivity index (χ2n) is 3.94. The van der Waals surface area contributed by atoms with Gasteiger partial charge in [-0.1, -0.05) is 6.42 Å². The molecule has 0 aromatic rings. The summed E-state index contributed by atoms with van der Waals surface area (Å²) in [6, 6.07) is 0.177. The fraction of sp³-hybridized carbons (Fsp3) is 1.00. The highest BCUT2D eigenvalue weighted by Crippen LogP contribution is 1.95. The minimum Gasteiger partial charge on any atom is -0.330 e. The van der Waals surface area contributed by atoms with Crippen LogP contribution in [0.2, 0.25) is 0 Å². The van der Waals surface area contributed by atoms with Crippen molar-refractivity contribution in [2.45, 2.75) is 31.5 Å². The van der Waals surface area contributed by atoms with Gasteiger partial charge in [0.25, 0.3) is 0 Å². The average molecular weight is 249 g/mol. The van der Waals surface area contributed by atoms with Crippen LogP contribution in [0.25, 0.3) is 0 Å². The molecule has 17 heavy (non-hydrogen) atoms. The Morgan fingerprint density at radius 3 is 1.94 bits per heavy atom. The van der Waals surface area contributed by atoms with Crippen molar-refractivity contribution in [1.29, 1.82) is 0 Å². The van der Waals surface area contributed by atoms with Crippen molar-refractivity contribution in [3.8, 4) is 0 Å². The van der Waals surface area contributed by atoms with Crippen LogP contribution in [0.1, 0.15) is 19.3 Å². The summed E-state index contributed by atoms with van der Waals surface area (Å²) in [5, 5.41) is 2.96. The van der Waals surface area contributed by atoms with Crippen LogP contribution in [-0.2, 0) is 0 Å². The first kappa shape index (κ1) is 19.1. The lowest BCUT2D eigenvalue weighted by Gasteiger charge is -2.05. The van der Waals surface area contributed by atoms with Gasteiger partial charge < -0.3 is 39.7 Å². The van der Waals surface area contributed by atoms with Crippen LogP contribution in [0.5, 0.6) is 0 Å². The fourth-order valence-corrected chi connectivity index (χ4v) is 1.04. The second kappa shape index (κ2) is 15.7. The van der Waals surface area contributed by atoms with E-state index in [9.17, 15) is 0 Å². The molecule has 0 heterocycles.